The smallest absolute Gasteiger partial charge is 0.130 e. The first-order valence-electron chi connectivity index (χ1n) is 7.48. The van der Waals surface area contributed by atoms with Crippen LogP contribution in [0.4, 0.5) is 0 Å². The van der Waals surface area contributed by atoms with Gasteiger partial charge >= 0.3 is 0 Å². The zero-order chi connectivity index (χ0) is 14.3. The molecule has 0 spiro atoms. The average Bonchev–Trinajstić information content (AvgIpc) is 2.80. The molecule has 4 heteroatoms. The summed E-state index contributed by atoms with van der Waals surface area (Å²) in [6, 6.07) is 5.88. The fourth-order valence-corrected chi connectivity index (χ4v) is 3.46. The fourth-order valence-electron chi connectivity index (χ4n) is 3.30. The van der Waals surface area contributed by atoms with Crippen LogP contribution in [0.1, 0.15) is 45.4 Å². The topological polar surface area (TPSA) is 43.8 Å². The molecule has 0 aliphatic heterocycles. The molecule has 1 aromatic heterocycles. The maximum absolute atomic E-state index is 6.70. The van der Waals surface area contributed by atoms with Gasteiger partial charge in [-0.2, -0.15) is 0 Å². The van der Waals surface area contributed by atoms with Gasteiger partial charge in [-0.25, -0.2) is 4.98 Å². The molecule has 3 rings (SSSR count). The van der Waals surface area contributed by atoms with E-state index in [4.69, 9.17) is 22.3 Å². The van der Waals surface area contributed by atoms with Crippen LogP contribution in [-0.2, 0) is 12.1 Å². The largest absolute Gasteiger partial charge is 0.327 e. The SMILES string of the molecule is CCn1c(C2(N)CCC(C)CC2)nc2ccc(Cl)cc21. The van der Waals surface area contributed by atoms with Crippen molar-refractivity contribution < 1.29 is 0 Å². The first-order chi connectivity index (χ1) is 9.53. The van der Waals surface area contributed by atoms with Crippen molar-refractivity contribution >= 4 is 22.6 Å². The van der Waals surface area contributed by atoms with Crippen molar-refractivity contribution in [1.82, 2.24) is 9.55 Å². The first-order valence-corrected chi connectivity index (χ1v) is 7.86. The highest BCUT2D eigenvalue weighted by Crippen LogP contribution is 2.38. The van der Waals surface area contributed by atoms with E-state index in [1.165, 1.54) is 12.8 Å². The lowest BCUT2D eigenvalue weighted by molar-refractivity contribution is 0.232. The molecule has 0 atom stereocenters. The predicted octanol–water partition coefficient (Wildman–Crippen LogP) is 4.07. The maximum atomic E-state index is 6.70. The minimum absolute atomic E-state index is 0.284. The van der Waals surface area contributed by atoms with E-state index in [0.717, 1.165) is 47.2 Å². The van der Waals surface area contributed by atoms with Gasteiger partial charge in [-0.3, -0.25) is 0 Å². The highest BCUT2D eigenvalue weighted by atomic mass is 35.5. The van der Waals surface area contributed by atoms with Crippen molar-refractivity contribution in [3.8, 4) is 0 Å². The standard InChI is InChI=1S/C16H22ClN3/c1-3-20-14-10-12(17)4-5-13(14)19-15(20)16(18)8-6-11(2)7-9-16/h4-5,10-11H,3,6-9,18H2,1-2H3. The van der Waals surface area contributed by atoms with E-state index in [9.17, 15) is 0 Å². The molecule has 1 aromatic carbocycles. The summed E-state index contributed by atoms with van der Waals surface area (Å²) in [5.41, 5.74) is 8.51. The minimum Gasteiger partial charge on any atom is -0.327 e. The summed E-state index contributed by atoms with van der Waals surface area (Å²) in [6.45, 7) is 5.32. The minimum atomic E-state index is -0.284. The normalized spacial score (nSPS) is 27.1. The Balaban J connectivity index is 2.11. The number of aryl methyl sites for hydroxylation is 1. The Kier molecular flexibility index (Phi) is 3.51. The van der Waals surface area contributed by atoms with E-state index in [1.54, 1.807) is 0 Å². The number of halogens is 1. The summed E-state index contributed by atoms with van der Waals surface area (Å²) in [7, 11) is 0. The Morgan fingerprint density at radius 1 is 1.40 bits per heavy atom. The van der Waals surface area contributed by atoms with Crippen molar-refractivity contribution in [2.75, 3.05) is 0 Å². The molecule has 1 fully saturated rings. The third kappa shape index (κ3) is 2.23. The second-order valence-corrected chi connectivity index (χ2v) is 6.59. The van der Waals surface area contributed by atoms with Crippen molar-refractivity contribution in [3.63, 3.8) is 0 Å². The van der Waals surface area contributed by atoms with Crippen LogP contribution < -0.4 is 5.73 Å². The number of aromatic nitrogens is 2. The molecule has 1 saturated carbocycles. The highest BCUT2D eigenvalue weighted by Gasteiger charge is 2.36. The number of fused-ring (bicyclic) bond motifs is 1. The summed E-state index contributed by atoms with van der Waals surface area (Å²) in [4.78, 5) is 4.82. The number of benzene rings is 1. The van der Waals surface area contributed by atoms with Gasteiger partial charge in [0.25, 0.3) is 0 Å². The van der Waals surface area contributed by atoms with Gasteiger partial charge in [-0.15, -0.1) is 0 Å². The first kappa shape index (κ1) is 13.9. The molecule has 0 unspecified atom stereocenters. The number of rotatable bonds is 2. The summed E-state index contributed by atoms with van der Waals surface area (Å²) in [5, 5.41) is 0.752. The zero-order valence-electron chi connectivity index (χ0n) is 12.2. The van der Waals surface area contributed by atoms with Crippen LogP contribution in [0, 0.1) is 5.92 Å². The fraction of sp³-hybridized carbons (Fsp3) is 0.562. The molecule has 0 amide bonds. The predicted molar refractivity (Wildman–Crippen MR) is 83.9 cm³/mol. The summed E-state index contributed by atoms with van der Waals surface area (Å²) >= 11 is 6.12. The van der Waals surface area contributed by atoms with Gasteiger partial charge in [0.1, 0.15) is 5.82 Å². The van der Waals surface area contributed by atoms with Crippen LogP contribution in [-0.4, -0.2) is 9.55 Å². The number of hydrogen-bond acceptors (Lipinski definition) is 2. The quantitative estimate of drug-likeness (QED) is 0.906. The van der Waals surface area contributed by atoms with Crippen molar-refractivity contribution in [3.05, 3.63) is 29.0 Å². The van der Waals surface area contributed by atoms with E-state index in [-0.39, 0.29) is 5.54 Å². The van der Waals surface area contributed by atoms with Gasteiger partial charge in [0.05, 0.1) is 16.6 Å². The van der Waals surface area contributed by atoms with Crippen LogP contribution in [0.25, 0.3) is 11.0 Å². The number of imidazole rings is 1. The number of nitrogens with zero attached hydrogens (tertiary/aromatic N) is 2. The molecule has 1 aliphatic carbocycles. The average molecular weight is 292 g/mol. The Morgan fingerprint density at radius 2 is 2.10 bits per heavy atom. The summed E-state index contributed by atoms with van der Waals surface area (Å²) in [6.07, 6.45) is 4.41. The Bertz CT molecular complexity index is 624. The second-order valence-electron chi connectivity index (χ2n) is 6.15. The van der Waals surface area contributed by atoms with Crippen LogP contribution in [0.5, 0.6) is 0 Å². The number of hydrogen-bond donors (Lipinski definition) is 1. The summed E-state index contributed by atoms with van der Waals surface area (Å²) in [5.74, 6) is 1.81. The lowest BCUT2D eigenvalue weighted by Crippen LogP contribution is -2.42. The molecule has 0 bridgehead atoms. The lowest BCUT2D eigenvalue weighted by atomic mass is 9.77. The van der Waals surface area contributed by atoms with Gasteiger partial charge in [0.15, 0.2) is 0 Å². The third-order valence-corrected chi connectivity index (χ3v) is 4.87. The summed E-state index contributed by atoms with van der Waals surface area (Å²) < 4.78 is 2.23. The lowest BCUT2D eigenvalue weighted by Gasteiger charge is -2.35. The number of nitrogens with two attached hydrogens (primary N) is 1. The zero-order valence-corrected chi connectivity index (χ0v) is 13.0. The van der Waals surface area contributed by atoms with E-state index >= 15 is 0 Å². The van der Waals surface area contributed by atoms with E-state index in [2.05, 4.69) is 18.4 Å². The van der Waals surface area contributed by atoms with Crippen molar-refractivity contribution in [2.24, 2.45) is 11.7 Å². The maximum Gasteiger partial charge on any atom is 0.130 e. The second kappa shape index (κ2) is 5.05. The highest BCUT2D eigenvalue weighted by molar-refractivity contribution is 6.31. The molecule has 1 aliphatic rings. The third-order valence-electron chi connectivity index (χ3n) is 4.64. The molecular formula is C16H22ClN3. The molecule has 0 saturated heterocycles. The molecule has 0 radical (unpaired) electrons. The Morgan fingerprint density at radius 3 is 2.75 bits per heavy atom. The van der Waals surface area contributed by atoms with Crippen LogP contribution in [0.2, 0.25) is 5.02 Å². The Hall–Kier alpha value is -1.06. The molecule has 2 N–H and O–H groups in total. The van der Waals surface area contributed by atoms with Gasteiger partial charge in [0.2, 0.25) is 0 Å². The molecular weight excluding hydrogens is 270 g/mol. The van der Waals surface area contributed by atoms with E-state index < -0.39 is 0 Å². The van der Waals surface area contributed by atoms with E-state index in [1.807, 2.05) is 18.2 Å². The van der Waals surface area contributed by atoms with Crippen LogP contribution in [0.3, 0.4) is 0 Å². The molecule has 1 heterocycles. The van der Waals surface area contributed by atoms with Crippen LogP contribution in [0.15, 0.2) is 18.2 Å². The van der Waals surface area contributed by atoms with E-state index in [0.29, 0.717) is 0 Å². The van der Waals surface area contributed by atoms with Crippen molar-refractivity contribution in [1.29, 1.82) is 0 Å². The van der Waals surface area contributed by atoms with Gasteiger partial charge in [-0.1, -0.05) is 18.5 Å². The Labute approximate surface area is 125 Å². The molecule has 20 heavy (non-hydrogen) atoms. The van der Waals surface area contributed by atoms with Gasteiger partial charge in [-0.05, 0) is 56.7 Å². The molecule has 108 valence electrons. The molecule has 3 nitrogen and oxygen atoms in total. The van der Waals surface area contributed by atoms with Gasteiger partial charge < -0.3 is 10.3 Å². The monoisotopic (exact) mass is 291 g/mol. The van der Waals surface area contributed by atoms with Crippen LogP contribution >= 0.6 is 11.6 Å². The van der Waals surface area contributed by atoms with Gasteiger partial charge in [0, 0.05) is 11.6 Å². The molecule has 2 aromatic rings. The van der Waals surface area contributed by atoms with Crippen molar-refractivity contribution in [2.45, 2.75) is 51.6 Å².